The van der Waals surface area contributed by atoms with Crippen LogP contribution in [-0.4, -0.2) is 56.6 Å². The highest BCUT2D eigenvalue weighted by molar-refractivity contribution is 6.09. The summed E-state index contributed by atoms with van der Waals surface area (Å²) in [5.74, 6) is -0.465. The largest absolute Gasteiger partial charge is 0.340 e. The Morgan fingerprint density at radius 3 is 2.74 bits per heavy atom. The van der Waals surface area contributed by atoms with Gasteiger partial charge in [0.15, 0.2) is 0 Å². The van der Waals surface area contributed by atoms with Crippen LogP contribution >= 0.6 is 0 Å². The highest BCUT2D eigenvalue weighted by Crippen LogP contribution is 2.38. The van der Waals surface area contributed by atoms with Gasteiger partial charge in [0.1, 0.15) is 12.1 Å². The third-order valence-electron chi connectivity index (χ3n) is 6.51. The molecule has 1 aliphatic carbocycles. The van der Waals surface area contributed by atoms with Crippen LogP contribution in [0.5, 0.6) is 0 Å². The molecule has 4 rings (SSSR count). The maximum Gasteiger partial charge on any atom is 0.325 e. The van der Waals surface area contributed by atoms with Gasteiger partial charge in [-0.15, -0.1) is 0 Å². The Morgan fingerprint density at radius 2 is 2.00 bits per heavy atom. The van der Waals surface area contributed by atoms with E-state index in [9.17, 15) is 14.4 Å². The highest BCUT2D eigenvalue weighted by atomic mass is 16.2. The van der Waals surface area contributed by atoms with Gasteiger partial charge in [-0.2, -0.15) is 5.10 Å². The molecule has 1 aromatic carbocycles. The first-order valence-corrected chi connectivity index (χ1v) is 10.8. The summed E-state index contributed by atoms with van der Waals surface area (Å²) in [5, 5.41) is 7.26. The van der Waals surface area contributed by atoms with E-state index in [4.69, 9.17) is 0 Å². The van der Waals surface area contributed by atoms with E-state index in [-0.39, 0.29) is 24.3 Å². The van der Waals surface area contributed by atoms with Crippen molar-refractivity contribution in [3.63, 3.8) is 0 Å². The fourth-order valence-corrected chi connectivity index (χ4v) is 4.60. The van der Waals surface area contributed by atoms with Gasteiger partial charge in [0.2, 0.25) is 5.91 Å². The van der Waals surface area contributed by atoms with E-state index >= 15 is 0 Å². The van der Waals surface area contributed by atoms with Crippen molar-refractivity contribution >= 4 is 17.8 Å². The lowest BCUT2D eigenvalue weighted by Crippen LogP contribution is -2.54. The van der Waals surface area contributed by atoms with Crippen LogP contribution in [0.25, 0.3) is 0 Å². The summed E-state index contributed by atoms with van der Waals surface area (Å²) in [4.78, 5) is 40.9. The van der Waals surface area contributed by atoms with Crippen molar-refractivity contribution < 1.29 is 14.4 Å². The van der Waals surface area contributed by atoms with Crippen molar-refractivity contribution in [1.29, 1.82) is 0 Å². The molecule has 2 aromatic rings. The molecule has 1 aromatic heterocycles. The lowest BCUT2D eigenvalue weighted by Gasteiger charge is -2.36. The number of nitrogens with zero attached hydrogens (tertiary/aromatic N) is 4. The number of imide groups is 1. The summed E-state index contributed by atoms with van der Waals surface area (Å²) < 4.78 is 1.83. The number of benzene rings is 1. The normalized spacial score (nSPS) is 23.3. The van der Waals surface area contributed by atoms with Crippen molar-refractivity contribution in [2.45, 2.75) is 51.2 Å². The van der Waals surface area contributed by atoms with E-state index in [1.165, 1.54) is 4.90 Å². The van der Waals surface area contributed by atoms with Crippen LogP contribution in [0.3, 0.4) is 0 Å². The fraction of sp³-hybridized carbons (Fsp3) is 0.478. The Labute approximate surface area is 182 Å². The summed E-state index contributed by atoms with van der Waals surface area (Å²) in [6.45, 7) is 2.77. The van der Waals surface area contributed by atoms with E-state index < -0.39 is 11.6 Å². The minimum Gasteiger partial charge on any atom is -0.340 e. The SMILES string of the molecule is C[C@@H]1CCCC[C@]12NC(=O)N(CC(=O)N(C)Cc1cnn(Cc3ccccc3)c1)C2=O. The smallest absolute Gasteiger partial charge is 0.325 e. The van der Waals surface area contributed by atoms with Gasteiger partial charge >= 0.3 is 6.03 Å². The number of rotatable bonds is 6. The Morgan fingerprint density at radius 1 is 1.23 bits per heavy atom. The monoisotopic (exact) mass is 423 g/mol. The van der Waals surface area contributed by atoms with E-state index in [2.05, 4.69) is 10.4 Å². The molecule has 0 bridgehead atoms. The number of hydrogen-bond donors (Lipinski definition) is 1. The average molecular weight is 424 g/mol. The zero-order chi connectivity index (χ0) is 22.0. The van der Waals surface area contributed by atoms with Crippen LogP contribution in [0.1, 0.15) is 43.7 Å². The van der Waals surface area contributed by atoms with Gasteiger partial charge in [0.05, 0.1) is 12.7 Å². The summed E-state index contributed by atoms with van der Waals surface area (Å²) in [5.41, 5.74) is 1.19. The van der Waals surface area contributed by atoms with Crippen molar-refractivity contribution in [3.05, 3.63) is 53.9 Å². The maximum absolute atomic E-state index is 13.1. The minimum absolute atomic E-state index is 0.0750. The molecular formula is C23H29N5O3. The highest BCUT2D eigenvalue weighted by Gasteiger charge is 2.55. The van der Waals surface area contributed by atoms with E-state index in [1.807, 2.05) is 48.1 Å². The number of nitrogens with one attached hydrogen (secondary N) is 1. The molecule has 8 heteroatoms. The zero-order valence-corrected chi connectivity index (χ0v) is 18.1. The van der Waals surface area contributed by atoms with E-state index in [0.717, 1.165) is 35.3 Å². The second-order valence-electron chi connectivity index (χ2n) is 8.72. The Bertz CT molecular complexity index is 973. The molecule has 1 saturated carbocycles. The molecule has 1 saturated heterocycles. The maximum atomic E-state index is 13.1. The molecule has 1 N–H and O–H groups in total. The molecule has 31 heavy (non-hydrogen) atoms. The Kier molecular flexibility index (Phi) is 5.80. The summed E-state index contributed by atoms with van der Waals surface area (Å²) >= 11 is 0. The molecule has 0 radical (unpaired) electrons. The number of carbonyl (C=O) groups excluding carboxylic acids is 3. The molecule has 0 unspecified atom stereocenters. The van der Waals surface area contributed by atoms with Crippen molar-refractivity contribution in [1.82, 2.24) is 24.9 Å². The predicted molar refractivity (Wildman–Crippen MR) is 115 cm³/mol. The molecule has 2 atom stereocenters. The third-order valence-corrected chi connectivity index (χ3v) is 6.51. The summed E-state index contributed by atoms with van der Waals surface area (Å²) in [6, 6.07) is 9.56. The first kappa shape index (κ1) is 21.1. The number of urea groups is 1. The number of likely N-dealkylation sites (N-methyl/N-ethyl adjacent to an activating group) is 1. The number of hydrogen-bond acceptors (Lipinski definition) is 4. The number of aromatic nitrogens is 2. The Balaban J connectivity index is 1.36. The van der Waals surface area contributed by atoms with Crippen LogP contribution in [0.4, 0.5) is 4.79 Å². The van der Waals surface area contributed by atoms with Crippen LogP contribution < -0.4 is 5.32 Å². The molecule has 2 fully saturated rings. The number of carbonyl (C=O) groups is 3. The van der Waals surface area contributed by atoms with Crippen molar-refractivity contribution in [3.8, 4) is 0 Å². The molecule has 8 nitrogen and oxygen atoms in total. The molecule has 4 amide bonds. The standard InChI is InChI=1S/C23H29N5O3/c1-17-8-6-7-11-23(17)21(30)28(22(31)25-23)16-20(29)26(2)13-19-12-24-27(15-19)14-18-9-4-3-5-10-18/h3-5,9-10,12,15,17H,6-8,11,13-14,16H2,1-2H3,(H,25,31)/t17-,23+/m1/s1. The van der Waals surface area contributed by atoms with Gasteiger partial charge in [-0.05, 0) is 24.3 Å². The lowest BCUT2D eigenvalue weighted by molar-refractivity contribution is -0.140. The zero-order valence-electron chi connectivity index (χ0n) is 18.1. The van der Waals surface area contributed by atoms with Crippen LogP contribution in [0.2, 0.25) is 0 Å². The first-order chi connectivity index (χ1) is 14.9. The fourth-order valence-electron chi connectivity index (χ4n) is 4.60. The van der Waals surface area contributed by atoms with Crippen LogP contribution in [0.15, 0.2) is 42.7 Å². The van der Waals surface area contributed by atoms with Crippen molar-refractivity contribution in [2.24, 2.45) is 5.92 Å². The Hall–Kier alpha value is -3.16. The topological polar surface area (TPSA) is 87.5 Å². The molecular weight excluding hydrogens is 394 g/mol. The van der Waals surface area contributed by atoms with E-state index in [1.54, 1.807) is 13.2 Å². The number of amides is 4. The second-order valence-corrected chi connectivity index (χ2v) is 8.72. The quantitative estimate of drug-likeness (QED) is 0.723. The van der Waals surface area contributed by atoms with Crippen LogP contribution in [-0.2, 0) is 22.7 Å². The van der Waals surface area contributed by atoms with Crippen LogP contribution in [0, 0.1) is 5.92 Å². The minimum atomic E-state index is -0.841. The van der Waals surface area contributed by atoms with Gasteiger partial charge in [-0.1, -0.05) is 50.1 Å². The van der Waals surface area contributed by atoms with Gasteiger partial charge in [0.25, 0.3) is 5.91 Å². The van der Waals surface area contributed by atoms with Gasteiger partial charge < -0.3 is 10.2 Å². The first-order valence-electron chi connectivity index (χ1n) is 10.8. The lowest BCUT2D eigenvalue weighted by atomic mass is 9.73. The average Bonchev–Trinajstić information content (AvgIpc) is 3.28. The molecule has 1 spiro atoms. The second kappa shape index (κ2) is 8.53. The predicted octanol–water partition coefficient (Wildman–Crippen LogP) is 2.39. The summed E-state index contributed by atoms with van der Waals surface area (Å²) in [7, 11) is 1.67. The van der Waals surface area contributed by atoms with Crippen molar-refractivity contribution in [2.75, 3.05) is 13.6 Å². The molecule has 1 aliphatic heterocycles. The van der Waals surface area contributed by atoms with Gasteiger partial charge in [-0.3, -0.25) is 19.2 Å². The van der Waals surface area contributed by atoms with E-state index in [0.29, 0.717) is 19.5 Å². The van der Waals surface area contributed by atoms with Gasteiger partial charge in [0, 0.05) is 25.4 Å². The molecule has 164 valence electrons. The molecule has 2 heterocycles. The third kappa shape index (κ3) is 4.19. The summed E-state index contributed by atoms with van der Waals surface area (Å²) in [6.07, 6.45) is 7.15. The molecule has 2 aliphatic rings. The van der Waals surface area contributed by atoms with Gasteiger partial charge in [-0.25, -0.2) is 4.79 Å².